The van der Waals surface area contributed by atoms with Crippen LogP contribution >= 0.6 is 0 Å². The number of nitrogens with one attached hydrogen (secondary N) is 1. The Hall–Kier alpha value is -0.970. The van der Waals surface area contributed by atoms with Gasteiger partial charge in [-0.1, -0.05) is 32.9 Å². The van der Waals surface area contributed by atoms with Crippen molar-refractivity contribution in [2.24, 2.45) is 5.84 Å². The summed E-state index contributed by atoms with van der Waals surface area (Å²) >= 11 is 0. The van der Waals surface area contributed by atoms with Gasteiger partial charge in [-0.15, -0.1) is 0 Å². The smallest absolute Gasteiger partial charge is 0.123 e. The fourth-order valence-electron chi connectivity index (χ4n) is 2.85. The molecule has 1 aromatic rings. The molecule has 108 valence electrons. The van der Waals surface area contributed by atoms with Crippen molar-refractivity contribution >= 4 is 0 Å². The van der Waals surface area contributed by atoms with E-state index in [4.69, 9.17) is 5.84 Å². The zero-order valence-corrected chi connectivity index (χ0v) is 12.4. The summed E-state index contributed by atoms with van der Waals surface area (Å²) in [6, 6.07) is 6.54. The summed E-state index contributed by atoms with van der Waals surface area (Å²) in [5.41, 5.74) is 3.83. The van der Waals surface area contributed by atoms with Crippen LogP contribution < -0.4 is 11.3 Å². The third-order valence-corrected chi connectivity index (χ3v) is 4.19. The second kappa shape index (κ2) is 6.98. The summed E-state index contributed by atoms with van der Waals surface area (Å²) in [6.45, 7) is 10.6. The third kappa shape index (κ3) is 3.32. The second-order valence-corrected chi connectivity index (χ2v) is 5.03. The SMILES string of the molecule is CCN(CC)C(C)(CC)C(NN)c1ccc(F)cc1. The van der Waals surface area contributed by atoms with Crippen LogP contribution in [-0.4, -0.2) is 23.5 Å². The molecular weight excluding hydrogens is 241 g/mol. The number of benzene rings is 1. The molecule has 19 heavy (non-hydrogen) atoms. The molecular formula is C15H26FN3. The first kappa shape index (κ1) is 16.1. The second-order valence-electron chi connectivity index (χ2n) is 5.03. The van der Waals surface area contributed by atoms with Crippen molar-refractivity contribution in [2.45, 2.75) is 45.7 Å². The Balaban J connectivity index is 3.14. The van der Waals surface area contributed by atoms with Gasteiger partial charge in [-0.05, 0) is 44.1 Å². The largest absolute Gasteiger partial charge is 0.297 e. The van der Waals surface area contributed by atoms with Crippen LogP contribution in [0.1, 0.15) is 45.7 Å². The van der Waals surface area contributed by atoms with E-state index in [0.29, 0.717) is 0 Å². The van der Waals surface area contributed by atoms with Crippen LogP contribution in [0.3, 0.4) is 0 Å². The van der Waals surface area contributed by atoms with Gasteiger partial charge < -0.3 is 0 Å². The first-order valence-electron chi connectivity index (χ1n) is 7.00. The van der Waals surface area contributed by atoms with Crippen LogP contribution in [0.25, 0.3) is 0 Å². The molecule has 0 heterocycles. The Kier molecular flexibility index (Phi) is 5.91. The average Bonchev–Trinajstić information content (AvgIpc) is 2.43. The summed E-state index contributed by atoms with van der Waals surface area (Å²) in [5, 5.41) is 0. The lowest BCUT2D eigenvalue weighted by atomic mass is 9.83. The summed E-state index contributed by atoms with van der Waals surface area (Å²) in [4.78, 5) is 2.39. The minimum Gasteiger partial charge on any atom is -0.297 e. The highest BCUT2D eigenvalue weighted by molar-refractivity contribution is 5.23. The van der Waals surface area contributed by atoms with Gasteiger partial charge in [0, 0.05) is 5.54 Å². The molecule has 0 spiro atoms. The molecule has 0 saturated carbocycles. The monoisotopic (exact) mass is 267 g/mol. The van der Waals surface area contributed by atoms with Crippen LogP contribution in [-0.2, 0) is 0 Å². The molecule has 0 aliphatic rings. The van der Waals surface area contributed by atoms with Crippen LogP contribution in [0.2, 0.25) is 0 Å². The summed E-state index contributed by atoms with van der Waals surface area (Å²) < 4.78 is 13.1. The third-order valence-electron chi connectivity index (χ3n) is 4.19. The zero-order valence-electron chi connectivity index (χ0n) is 12.4. The molecule has 1 aromatic carbocycles. The molecule has 2 unspecified atom stereocenters. The van der Waals surface area contributed by atoms with E-state index in [-0.39, 0.29) is 17.4 Å². The maximum Gasteiger partial charge on any atom is 0.123 e. The van der Waals surface area contributed by atoms with Gasteiger partial charge in [-0.2, -0.15) is 0 Å². The van der Waals surface area contributed by atoms with E-state index in [1.807, 2.05) is 0 Å². The van der Waals surface area contributed by atoms with E-state index in [1.165, 1.54) is 12.1 Å². The predicted molar refractivity (Wildman–Crippen MR) is 78.1 cm³/mol. The van der Waals surface area contributed by atoms with Crippen molar-refractivity contribution in [1.82, 2.24) is 10.3 Å². The molecule has 0 aliphatic carbocycles. The summed E-state index contributed by atoms with van der Waals surface area (Å²) in [7, 11) is 0. The predicted octanol–water partition coefficient (Wildman–Crippen LogP) is 2.84. The Morgan fingerprint density at radius 3 is 2.11 bits per heavy atom. The maximum atomic E-state index is 13.1. The minimum atomic E-state index is -0.222. The average molecular weight is 267 g/mol. The number of nitrogens with two attached hydrogens (primary N) is 1. The van der Waals surface area contributed by atoms with Crippen molar-refractivity contribution in [3.8, 4) is 0 Å². The van der Waals surface area contributed by atoms with Gasteiger partial charge in [0.15, 0.2) is 0 Å². The van der Waals surface area contributed by atoms with Crippen molar-refractivity contribution in [2.75, 3.05) is 13.1 Å². The minimum absolute atomic E-state index is 0.0296. The van der Waals surface area contributed by atoms with Gasteiger partial charge in [-0.3, -0.25) is 16.2 Å². The van der Waals surface area contributed by atoms with E-state index in [2.05, 4.69) is 38.0 Å². The maximum absolute atomic E-state index is 13.1. The molecule has 0 aliphatic heterocycles. The van der Waals surface area contributed by atoms with Gasteiger partial charge in [0.2, 0.25) is 0 Å². The Morgan fingerprint density at radius 2 is 1.74 bits per heavy atom. The molecule has 0 fully saturated rings. The lowest BCUT2D eigenvalue weighted by Gasteiger charge is -2.45. The lowest BCUT2D eigenvalue weighted by molar-refractivity contribution is 0.0698. The number of nitrogens with zero attached hydrogens (tertiary/aromatic N) is 1. The molecule has 0 saturated heterocycles. The normalized spacial score (nSPS) is 16.4. The number of hydrogen-bond acceptors (Lipinski definition) is 3. The first-order valence-corrected chi connectivity index (χ1v) is 7.00. The first-order chi connectivity index (χ1) is 9.03. The van der Waals surface area contributed by atoms with E-state index in [1.54, 1.807) is 12.1 Å². The standard InChI is InChI=1S/C15H26FN3/c1-5-15(4,19(6-2)7-3)14(18-17)12-8-10-13(16)11-9-12/h8-11,14,18H,5-7,17H2,1-4H3. The number of rotatable bonds is 7. The fourth-order valence-corrected chi connectivity index (χ4v) is 2.85. The van der Waals surface area contributed by atoms with Gasteiger partial charge >= 0.3 is 0 Å². The van der Waals surface area contributed by atoms with Crippen molar-refractivity contribution < 1.29 is 4.39 Å². The fraction of sp³-hybridized carbons (Fsp3) is 0.600. The summed E-state index contributed by atoms with van der Waals surface area (Å²) in [5.74, 6) is 5.56. The van der Waals surface area contributed by atoms with Crippen LogP contribution in [0.5, 0.6) is 0 Å². The van der Waals surface area contributed by atoms with Crippen LogP contribution in [0, 0.1) is 5.82 Å². The van der Waals surface area contributed by atoms with Gasteiger partial charge in [0.25, 0.3) is 0 Å². The zero-order chi connectivity index (χ0) is 14.5. The number of hydrogen-bond donors (Lipinski definition) is 2. The number of hydrazine groups is 1. The topological polar surface area (TPSA) is 41.3 Å². The Labute approximate surface area is 116 Å². The molecule has 3 N–H and O–H groups in total. The number of halogens is 1. The van der Waals surface area contributed by atoms with Gasteiger partial charge in [0.1, 0.15) is 5.82 Å². The highest BCUT2D eigenvalue weighted by Gasteiger charge is 2.37. The van der Waals surface area contributed by atoms with Crippen LogP contribution in [0.15, 0.2) is 24.3 Å². The van der Waals surface area contributed by atoms with Gasteiger partial charge in [-0.25, -0.2) is 4.39 Å². The lowest BCUT2D eigenvalue weighted by Crippen LogP contribution is -2.55. The summed E-state index contributed by atoms with van der Waals surface area (Å²) in [6.07, 6.45) is 0.959. The molecule has 0 radical (unpaired) electrons. The number of likely N-dealkylation sites (N-methyl/N-ethyl adjacent to an activating group) is 1. The molecule has 1 rings (SSSR count). The molecule has 0 bridgehead atoms. The Morgan fingerprint density at radius 1 is 1.21 bits per heavy atom. The molecule has 2 atom stereocenters. The van der Waals surface area contributed by atoms with Crippen molar-refractivity contribution in [3.63, 3.8) is 0 Å². The van der Waals surface area contributed by atoms with E-state index in [0.717, 1.165) is 25.1 Å². The van der Waals surface area contributed by atoms with Crippen molar-refractivity contribution in [3.05, 3.63) is 35.6 Å². The molecule has 0 amide bonds. The highest BCUT2D eigenvalue weighted by Crippen LogP contribution is 2.33. The van der Waals surface area contributed by atoms with E-state index in [9.17, 15) is 4.39 Å². The Bertz CT molecular complexity index is 375. The highest BCUT2D eigenvalue weighted by atomic mass is 19.1. The molecule has 0 aromatic heterocycles. The van der Waals surface area contributed by atoms with Crippen molar-refractivity contribution in [1.29, 1.82) is 0 Å². The quantitative estimate of drug-likeness (QED) is 0.589. The molecule has 3 nitrogen and oxygen atoms in total. The molecule has 4 heteroatoms. The van der Waals surface area contributed by atoms with E-state index >= 15 is 0 Å². The van der Waals surface area contributed by atoms with Crippen LogP contribution in [0.4, 0.5) is 4.39 Å². The van der Waals surface area contributed by atoms with E-state index < -0.39 is 0 Å². The van der Waals surface area contributed by atoms with Gasteiger partial charge in [0.05, 0.1) is 6.04 Å².